The standard InChI is InChI=1S/C11H19N3/c1-3-14-11(6-7-13-14)9-4-5-10(8-9)12-2/h6-7,9-10,12H,3-5,8H2,1-2H3. The summed E-state index contributed by atoms with van der Waals surface area (Å²) >= 11 is 0. The maximum Gasteiger partial charge on any atom is 0.0492 e. The lowest BCUT2D eigenvalue weighted by Crippen LogP contribution is -2.21. The highest BCUT2D eigenvalue weighted by molar-refractivity contribution is 5.11. The van der Waals surface area contributed by atoms with Gasteiger partial charge >= 0.3 is 0 Å². The van der Waals surface area contributed by atoms with Gasteiger partial charge in [0.05, 0.1) is 0 Å². The fourth-order valence-electron chi connectivity index (χ4n) is 2.47. The van der Waals surface area contributed by atoms with E-state index in [4.69, 9.17) is 0 Å². The molecule has 1 fully saturated rings. The Morgan fingerprint density at radius 1 is 1.57 bits per heavy atom. The van der Waals surface area contributed by atoms with Crippen molar-refractivity contribution in [2.75, 3.05) is 7.05 Å². The molecular weight excluding hydrogens is 174 g/mol. The molecule has 2 atom stereocenters. The van der Waals surface area contributed by atoms with Crippen LogP contribution in [-0.4, -0.2) is 22.9 Å². The van der Waals surface area contributed by atoms with E-state index in [9.17, 15) is 0 Å². The third kappa shape index (κ3) is 1.69. The van der Waals surface area contributed by atoms with Crippen LogP contribution in [0, 0.1) is 0 Å². The van der Waals surface area contributed by atoms with E-state index in [2.05, 4.69) is 35.1 Å². The number of aromatic nitrogens is 2. The number of aryl methyl sites for hydroxylation is 1. The average molecular weight is 193 g/mol. The Kier molecular flexibility index (Phi) is 2.87. The maximum atomic E-state index is 4.33. The SMILES string of the molecule is CCn1nccc1C1CCC(NC)C1. The first-order valence-electron chi connectivity index (χ1n) is 5.54. The van der Waals surface area contributed by atoms with E-state index >= 15 is 0 Å². The molecule has 78 valence electrons. The van der Waals surface area contributed by atoms with Gasteiger partial charge in [0.25, 0.3) is 0 Å². The Balaban J connectivity index is 2.09. The third-order valence-corrected chi connectivity index (χ3v) is 3.31. The Bertz CT molecular complexity index is 292. The molecule has 1 aromatic heterocycles. The fraction of sp³-hybridized carbons (Fsp3) is 0.727. The first kappa shape index (κ1) is 9.71. The molecule has 0 bridgehead atoms. The highest BCUT2D eigenvalue weighted by atomic mass is 15.3. The fourth-order valence-corrected chi connectivity index (χ4v) is 2.47. The molecule has 1 aliphatic carbocycles. The van der Waals surface area contributed by atoms with Gasteiger partial charge in [0.1, 0.15) is 0 Å². The highest BCUT2D eigenvalue weighted by Crippen LogP contribution is 2.33. The van der Waals surface area contributed by atoms with E-state index in [1.807, 2.05) is 6.20 Å². The van der Waals surface area contributed by atoms with E-state index in [1.54, 1.807) is 0 Å². The van der Waals surface area contributed by atoms with Crippen molar-refractivity contribution in [2.45, 2.75) is 44.7 Å². The van der Waals surface area contributed by atoms with E-state index in [1.165, 1.54) is 25.0 Å². The number of nitrogens with zero attached hydrogens (tertiary/aromatic N) is 2. The van der Waals surface area contributed by atoms with Crippen LogP contribution in [0.3, 0.4) is 0 Å². The van der Waals surface area contributed by atoms with Gasteiger partial charge in [0.15, 0.2) is 0 Å². The summed E-state index contributed by atoms with van der Waals surface area (Å²) < 4.78 is 2.13. The van der Waals surface area contributed by atoms with Crippen molar-refractivity contribution in [3.8, 4) is 0 Å². The molecule has 2 rings (SSSR count). The molecule has 3 nitrogen and oxygen atoms in total. The Hall–Kier alpha value is -0.830. The summed E-state index contributed by atoms with van der Waals surface area (Å²) in [6.45, 7) is 3.14. The predicted octanol–water partition coefficient (Wildman–Crippen LogP) is 1.76. The number of hydrogen-bond acceptors (Lipinski definition) is 2. The van der Waals surface area contributed by atoms with Crippen LogP contribution in [0.4, 0.5) is 0 Å². The van der Waals surface area contributed by atoms with Crippen LogP contribution < -0.4 is 5.32 Å². The Morgan fingerprint density at radius 2 is 2.43 bits per heavy atom. The van der Waals surface area contributed by atoms with E-state index in [0.717, 1.165) is 12.5 Å². The zero-order chi connectivity index (χ0) is 9.97. The summed E-state index contributed by atoms with van der Waals surface area (Å²) in [5.41, 5.74) is 1.42. The van der Waals surface area contributed by atoms with E-state index in [-0.39, 0.29) is 0 Å². The van der Waals surface area contributed by atoms with Crippen molar-refractivity contribution in [1.29, 1.82) is 0 Å². The molecule has 1 saturated carbocycles. The Labute approximate surface area is 85.5 Å². The minimum atomic E-state index is 0.709. The molecule has 0 aliphatic heterocycles. The van der Waals surface area contributed by atoms with E-state index < -0.39 is 0 Å². The molecule has 2 unspecified atom stereocenters. The number of rotatable bonds is 3. The molecule has 1 aromatic rings. The normalized spacial score (nSPS) is 27.0. The van der Waals surface area contributed by atoms with Crippen LogP contribution >= 0.6 is 0 Å². The monoisotopic (exact) mass is 193 g/mol. The summed E-state index contributed by atoms with van der Waals surface area (Å²) in [6, 6.07) is 2.88. The zero-order valence-corrected chi connectivity index (χ0v) is 9.03. The lowest BCUT2D eigenvalue weighted by atomic mass is 10.0. The zero-order valence-electron chi connectivity index (χ0n) is 9.03. The van der Waals surface area contributed by atoms with Gasteiger partial charge in [0, 0.05) is 30.4 Å². The molecule has 0 radical (unpaired) electrons. The molecule has 0 aromatic carbocycles. The summed E-state index contributed by atoms with van der Waals surface area (Å²) in [6.07, 6.45) is 5.79. The first-order valence-corrected chi connectivity index (χ1v) is 5.54. The second-order valence-electron chi connectivity index (χ2n) is 4.07. The topological polar surface area (TPSA) is 29.9 Å². The smallest absolute Gasteiger partial charge is 0.0492 e. The van der Waals surface area contributed by atoms with Crippen molar-refractivity contribution in [3.63, 3.8) is 0 Å². The highest BCUT2D eigenvalue weighted by Gasteiger charge is 2.26. The van der Waals surface area contributed by atoms with Gasteiger partial charge in [-0.25, -0.2) is 0 Å². The van der Waals surface area contributed by atoms with Crippen molar-refractivity contribution < 1.29 is 0 Å². The summed E-state index contributed by atoms with van der Waals surface area (Å²) in [5.74, 6) is 0.717. The van der Waals surface area contributed by atoms with Crippen LogP contribution in [0.1, 0.15) is 37.8 Å². The largest absolute Gasteiger partial charge is 0.317 e. The summed E-state index contributed by atoms with van der Waals surface area (Å²) in [7, 11) is 2.06. The van der Waals surface area contributed by atoms with Crippen LogP contribution in [0.2, 0.25) is 0 Å². The molecule has 0 saturated heterocycles. The molecule has 1 aliphatic rings. The molecule has 14 heavy (non-hydrogen) atoms. The molecule has 3 heteroatoms. The number of hydrogen-bond donors (Lipinski definition) is 1. The third-order valence-electron chi connectivity index (χ3n) is 3.31. The summed E-state index contributed by atoms with van der Waals surface area (Å²) in [4.78, 5) is 0. The van der Waals surface area contributed by atoms with Crippen molar-refractivity contribution in [3.05, 3.63) is 18.0 Å². The van der Waals surface area contributed by atoms with Gasteiger partial charge in [-0.15, -0.1) is 0 Å². The average Bonchev–Trinajstić information content (AvgIpc) is 2.85. The van der Waals surface area contributed by atoms with Gasteiger partial charge < -0.3 is 5.32 Å². The minimum Gasteiger partial charge on any atom is -0.317 e. The van der Waals surface area contributed by atoms with Gasteiger partial charge in [-0.05, 0) is 39.3 Å². The van der Waals surface area contributed by atoms with Crippen molar-refractivity contribution >= 4 is 0 Å². The second-order valence-corrected chi connectivity index (χ2v) is 4.07. The lowest BCUT2D eigenvalue weighted by molar-refractivity contribution is 0.541. The predicted molar refractivity (Wildman–Crippen MR) is 57.3 cm³/mol. The molecule has 0 spiro atoms. The van der Waals surface area contributed by atoms with Gasteiger partial charge in [-0.2, -0.15) is 5.10 Å². The number of nitrogens with one attached hydrogen (secondary N) is 1. The van der Waals surface area contributed by atoms with Gasteiger partial charge in [0.2, 0.25) is 0 Å². The minimum absolute atomic E-state index is 0.709. The van der Waals surface area contributed by atoms with Crippen LogP contribution in [-0.2, 0) is 6.54 Å². The molecule has 1 heterocycles. The maximum absolute atomic E-state index is 4.33. The molecule has 1 N–H and O–H groups in total. The molecular formula is C11H19N3. The van der Waals surface area contributed by atoms with Gasteiger partial charge in [-0.1, -0.05) is 0 Å². The van der Waals surface area contributed by atoms with Crippen LogP contribution in [0.5, 0.6) is 0 Å². The molecule has 0 amide bonds. The van der Waals surface area contributed by atoms with Crippen LogP contribution in [0.15, 0.2) is 12.3 Å². The van der Waals surface area contributed by atoms with Crippen LogP contribution in [0.25, 0.3) is 0 Å². The first-order chi connectivity index (χ1) is 6.85. The summed E-state index contributed by atoms with van der Waals surface area (Å²) in [5, 5.41) is 7.69. The lowest BCUT2D eigenvalue weighted by Gasteiger charge is -2.12. The van der Waals surface area contributed by atoms with Crippen molar-refractivity contribution in [1.82, 2.24) is 15.1 Å². The Morgan fingerprint density at radius 3 is 3.07 bits per heavy atom. The van der Waals surface area contributed by atoms with Gasteiger partial charge in [-0.3, -0.25) is 4.68 Å². The van der Waals surface area contributed by atoms with Crippen molar-refractivity contribution in [2.24, 2.45) is 0 Å². The second kappa shape index (κ2) is 4.13. The van der Waals surface area contributed by atoms with E-state index in [0.29, 0.717) is 6.04 Å². The quantitative estimate of drug-likeness (QED) is 0.792.